The summed E-state index contributed by atoms with van der Waals surface area (Å²) < 4.78 is 5.50. The van der Waals surface area contributed by atoms with E-state index >= 15 is 0 Å². The number of carboxylic acids is 1. The number of carbonyl (C=O) groups excluding carboxylic acids is 3. The van der Waals surface area contributed by atoms with E-state index in [0.29, 0.717) is 28.9 Å². The lowest BCUT2D eigenvalue weighted by atomic mass is 10.1. The van der Waals surface area contributed by atoms with Crippen LogP contribution in [0, 0.1) is 0 Å². The first-order valence-electron chi connectivity index (χ1n) is 8.90. The van der Waals surface area contributed by atoms with Crippen molar-refractivity contribution >= 4 is 58.0 Å². The molecule has 1 saturated heterocycles. The molecule has 3 rings (SSSR count). The molecule has 0 aliphatic carbocycles. The fourth-order valence-electron chi connectivity index (χ4n) is 2.79. The van der Waals surface area contributed by atoms with E-state index in [1.165, 1.54) is 12.1 Å². The van der Waals surface area contributed by atoms with Crippen LogP contribution < -0.4 is 15.5 Å². The van der Waals surface area contributed by atoms with E-state index in [9.17, 15) is 19.2 Å². The summed E-state index contributed by atoms with van der Waals surface area (Å²) in [6.45, 7) is 0.894. The molecule has 0 saturated carbocycles. The standard InChI is InChI=1S/C19H18ClN3O6S/c20-15-6-5-14(30-15)19(28)22-13(9-17(25)26)18(27)21-11-1-3-12(4-2-11)23-7-8-29-10-16(23)24/h1-6,13H,7-10H2,(H,21,27)(H,22,28)(H,25,26). The SMILES string of the molecule is O=C(O)CC(NC(=O)c1ccc(Cl)s1)C(=O)Nc1ccc(N2CCOCC2=O)cc1. The van der Waals surface area contributed by atoms with Crippen LogP contribution in [0.5, 0.6) is 0 Å². The summed E-state index contributed by atoms with van der Waals surface area (Å²) in [7, 11) is 0. The molecular weight excluding hydrogens is 434 g/mol. The lowest BCUT2D eigenvalue weighted by Crippen LogP contribution is -2.45. The van der Waals surface area contributed by atoms with Gasteiger partial charge in [-0.2, -0.15) is 0 Å². The Bertz CT molecular complexity index is 961. The number of hydrogen-bond donors (Lipinski definition) is 3. The Morgan fingerprint density at radius 3 is 2.53 bits per heavy atom. The minimum Gasteiger partial charge on any atom is -0.481 e. The molecule has 2 aromatic rings. The number of thiophene rings is 1. The molecule has 0 radical (unpaired) electrons. The maximum atomic E-state index is 12.6. The Balaban J connectivity index is 1.66. The quantitative estimate of drug-likeness (QED) is 0.591. The van der Waals surface area contributed by atoms with Crippen LogP contribution in [0.25, 0.3) is 0 Å². The number of carbonyl (C=O) groups is 4. The molecule has 2 heterocycles. The van der Waals surface area contributed by atoms with E-state index in [1.54, 1.807) is 29.2 Å². The molecule has 11 heteroatoms. The fourth-order valence-corrected chi connectivity index (χ4v) is 3.74. The van der Waals surface area contributed by atoms with E-state index < -0.39 is 30.2 Å². The topological polar surface area (TPSA) is 125 Å². The van der Waals surface area contributed by atoms with Crippen molar-refractivity contribution in [2.24, 2.45) is 0 Å². The van der Waals surface area contributed by atoms with Gasteiger partial charge in [-0.05, 0) is 36.4 Å². The molecule has 1 unspecified atom stereocenters. The molecule has 1 fully saturated rings. The summed E-state index contributed by atoms with van der Waals surface area (Å²) in [5.41, 5.74) is 1.06. The van der Waals surface area contributed by atoms with Crippen molar-refractivity contribution in [2.75, 3.05) is 30.0 Å². The van der Waals surface area contributed by atoms with Crippen molar-refractivity contribution in [1.82, 2.24) is 5.32 Å². The highest BCUT2D eigenvalue weighted by Gasteiger charge is 2.25. The fraction of sp³-hybridized carbons (Fsp3) is 0.263. The molecule has 9 nitrogen and oxygen atoms in total. The van der Waals surface area contributed by atoms with Gasteiger partial charge in [-0.25, -0.2) is 0 Å². The number of amides is 3. The number of nitrogens with zero attached hydrogens (tertiary/aromatic N) is 1. The third kappa shape index (κ3) is 5.56. The van der Waals surface area contributed by atoms with Gasteiger partial charge in [-0.3, -0.25) is 19.2 Å². The summed E-state index contributed by atoms with van der Waals surface area (Å²) >= 11 is 6.83. The molecule has 1 aliphatic rings. The van der Waals surface area contributed by atoms with E-state index in [0.717, 1.165) is 11.3 Å². The van der Waals surface area contributed by atoms with Crippen LogP contribution in [0.2, 0.25) is 4.34 Å². The van der Waals surface area contributed by atoms with Crippen molar-refractivity contribution in [1.29, 1.82) is 0 Å². The van der Waals surface area contributed by atoms with E-state index in [-0.39, 0.29) is 17.4 Å². The number of carboxylic acid groups (broad SMARTS) is 1. The monoisotopic (exact) mass is 451 g/mol. The van der Waals surface area contributed by atoms with Crippen LogP contribution in [0.1, 0.15) is 16.1 Å². The number of anilines is 2. The number of benzene rings is 1. The van der Waals surface area contributed by atoms with Gasteiger partial charge in [-0.1, -0.05) is 11.6 Å². The molecule has 1 aromatic heterocycles. The van der Waals surface area contributed by atoms with Crippen molar-refractivity contribution in [3.63, 3.8) is 0 Å². The van der Waals surface area contributed by atoms with Crippen LogP contribution >= 0.6 is 22.9 Å². The number of morpholine rings is 1. The van der Waals surface area contributed by atoms with Gasteiger partial charge >= 0.3 is 5.97 Å². The smallest absolute Gasteiger partial charge is 0.305 e. The minimum absolute atomic E-state index is 0.0184. The largest absolute Gasteiger partial charge is 0.481 e. The average molecular weight is 452 g/mol. The molecule has 158 valence electrons. The first-order valence-corrected chi connectivity index (χ1v) is 10.1. The summed E-state index contributed by atoms with van der Waals surface area (Å²) in [6, 6.07) is 8.26. The van der Waals surface area contributed by atoms with Gasteiger partial charge in [-0.15, -0.1) is 11.3 Å². The van der Waals surface area contributed by atoms with Crippen LogP contribution in [0.3, 0.4) is 0 Å². The summed E-state index contributed by atoms with van der Waals surface area (Å²) in [6.07, 6.45) is -0.586. The molecule has 30 heavy (non-hydrogen) atoms. The van der Waals surface area contributed by atoms with Gasteiger partial charge in [0.05, 0.1) is 22.2 Å². The Morgan fingerprint density at radius 2 is 1.93 bits per heavy atom. The van der Waals surface area contributed by atoms with Gasteiger partial charge in [0.15, 0.2) is 0 Å². The van der Waals surface area contributed by atoms with Gasteiger partial charge in [0.1, 0.15) is 12.6 Å². The number of ether oxygens (including phenoxy) is 1. The van der Waals surface area contributed by atoms with Crippen molar-refractivity contribution in [3.05, 3.63) is 45.6 Å². The zero-order chi connectivity index (χ0) is 21.7. The predicted octanol–water partition coefficient (Wildman–Crippen LogP) is 1.98. The summed E-state index contributed by atoms with van der Waals surface area (Å²) in [4.78, 5) is 49.7. The van der Waals surface area contributed by atoms with Gasteiger partial charge in [0, 0.05) is 17.9 Å². The molecule has 3 N–H and O–H groups in total. The Kier molecular flexibility index (Phi) is 7.03. The van der Waals surface area contributed by atoms with Gasteiger partial charge < -0.3 is 25.4 Å². The lowest BCUT2D eigenvalue weighted by Gasteiger charge is -2.27. The number of hydrogen-bond acceptors (Lipinski definition) is 6. The van der Waals surface area contributed by atoms with Crippen LogP contribution in [-0.4, -0.2) is 54.6 Å². The highest BCUT2D eigenvalue weighted by Crippen LogP contribution is 2.22. The summed E-state index contributed by atoms with van der Waals surface area (Å²) in [5, 5.41) is 14.1. The van der Waals surface area contributed by atoms with Gasteiger partial charge in [0.25, 0.3) is 11.8 Å². The molecule has 1 aromatic carbocycles. The molecule has 1 atom stereocenters. The minimum atomic E-state index is -1.28. The van der Waals surface area contributed by atoms with Crippen LogP contribution in [-0.2, 0) is 19.1 Å². The maximum Gasteiger partial charge on any atom is 0.305 e. The molecule has 1 aliphatic heterocycles. The van der Waals surface area contributed by atoms with Crippen molar-refractivity contribution in [2.45, 2.75) is 12.5 Å². The van der Waals surface area contributed by atoms with Crippen LogP contribution in [0.15, 0.2) is 36.4 Å². The number of nitrogens with one attached hydrogen (secondary N) is 2. The molecular formula is C19H18ClN3O6S. The second kappa shape index (κ2) is 9.70. The molecule has 3 amide bonds. The number of halogens is 1. The first kappa shape index (κ1) is 21.8. The average Bonchev–Trinajstić information content (AvgIpc) is 3.15. The second-order valence-corrected chi connectivity index (χ2v) is 8.08. The third-order valence-corrected chi connectivity index (χ3v) is 5.46. The highest BCUT2D eigenvalue weighted by atomic mass is 35.5. The highest BCUT2D eigenvalue weighted by molar-refractivity contribution is 7.18. The Hall–Kier alpha value is -2.95. The number of rotatable bonds is 7. The summed E-state index contributed by atoms with van der Waals surface area (Å²) in [5.74, 6) is -2.66. The van der Waals surface area contributed by atoms with Crippen LogP contribution in [0.4, 0.5) is 11.4 Å². The first-order chi connectivity index (χ1) is 14.3. The normalized spacial score (nSPS) is 14.8. The van der Waals surface area contributed by atoms with E-state index in [1.807, 2.05) is 0 Å². The maximum absolute atomic E-state index is 12.6. The van der Waals surface area contributed by atoms with Gasteiger partial charge in [0.2, 0.25) is 5.91 Å². The van der Waals surface area contributed by atoms with E-state index in [4.69, 9.17) is 21.4 Å². The Labute approximate surface area is 180 Å². The van der Waals surface area contributed by atoms with E-state index in [2.05, 4.69) is 10.6 Å². The Morgan fingerprint density at radius 1 is 1.20 bits per heavy atom. The second-order valence-electron chi connectivity index (χ2n) is 6.36. The van der Waals surface area contributed by atoms with Crippen molar-refractivity contribution < 1.29 is 29.0 Å². The molecule has 0 bridgehead atoms. The third-order valence-electron chi connectivity index (χ3n) is 4.23. The predicted molar refractivity (Wildman–Crippen MR) is 111 cm³/mol. The number of aliphatic carboxylic acids is 1. The van der Waals surface area contributed by atoms with Crippen molar-refractivity contribution in [3.8, 4) is 0 Å². The lowest BCUT2D eigenvalue weighted by molar-refractivity contribution is -0.139. The zero-order valence-corrected chi connectivity index (χ0v) is 17.2. The molecule has 0 spiro atoms. The zero-order valence-electron chi connectivity index (χ0n) is 15.6.